The van der Waals surface area contributed by atoms with Gasteiger partial charge in [0, 0.05) is 34.9 Å². The molecule has 0 saturated carbocycles. The average molecular weight is 436 g/mol. The second-order valence-corrected chi connectivity index (χ2v) is 7.86. The topological polar surface area (TPSA) is 82.7 Å². The predicted octanol–water partition coefficient (Wildman–Crippen LogP) is 5.80. The summed E-state index contributed by atoms with van der Waals surface area (Å²) in [6, 6.07) is 13.8. The average Bonchev–Trinajstić information content (AvgIpc) is 3.45. The highest BCUT2D eigenvalue weighted by molar-refractivity contribution is 7.13. The van der Waals surface area contributed by atoms with Crippen molar-refractivity contribution < 1.29 is 9.18 Å². The number of halogens is 1. The fourth-order valence-electron chi connectivity index (χ4n) is 3.12. The third-order valence-corrected chi connectivity index (χ3v) is 5.39. The monoisotopic (exact) mass is 435 g/mol. The Hall–Kier alpha value is -3.52. The first-order valence-electron chi connectivity index (χ1n) is 10.0. The van der Waals surface area contributed by atoms with Crippen LogP contribution in [0.25, 0.3) is 22.6 Å². The Balaban J connectivity index is 1.70. The second kappa shape index (κ2) is 9.53. The smallest absolute Gasteiger partial charge is 0.276 e. The van der Waals surface area contributed by atoms with E-state index in [1.807, 2.05) is 24.3 Å². The van der Waals surface area contributed by atoms with Crippen LogP contribution in [0.3, 0.4) is 0 Å². The van der Waals surface area contributed by atoms with E-state index < -0.39 is 0 Å². The van der Waals surface area contributed by atoms with E-state index in [-0.39, 0.29) is 11.7 Å². The van der Waals surface area contributed by atoms with Gasteiger partial charge in [0.15, 0.2) is 5.13 Å². The van der Waals surface area contributed by atoms with E-state index in [2.05, 4.69) is 32.5 Å². The molecular weight excluding hydrogens is 413 g/mol. The molecule has 8 heteroatoms. The van der Waals surface area contributed by atoms with Crippen LogP contribution in [-0.4, -0.2) is 27.4 Å². The summed E-state index contributed by atoms with van der Waals surface area (Å²) in [6.07, 6.45) is 3.82. The maximum Gasteiger partial charge on any atom is 0.276 e. The third kappa shape index (κ3) is 4.97. The number of carbonyl (C=O) groups excluding carboxylic acids is 1. The van der Waals surface area contributed by atoms with Crippen molar-refractivity contribution in [2.45, 2.75) is 19.8 Å². The quantitative estimate of drug-likeness (QED) is 0.305. The minimum Gasteiger partial charge on any atom is -0.385 e. The molecule has 2 aromatic carbocycles. The van der Waals surface area contributed by atoms with E-state index in [1.54, 1.807) is 23.7 Å². The van der Waals surface area contributed by atoms with E-state index in [4.69, 9.17) is 0 Å². The van der Waals surface area contributed by atoms with Crippen LogP contribution < -0.4 is 10.6 Å². The fraction of sp³-hybridized carbons (Fsp3) is 0.174. The zero-order valence-corrected chi connectivity index (χ0v) is 17.8. The number of H-pyrrole nitrogens is 1. The van der Waals surface area contributed by atoms with E-state index in [0.717, 1.165) is 30.6 Å². The zero-order valence-electron chi connectivity index (χ0n) is 17.0. The number of unbranched alkanes of at least 4 members (excludes halogenated alkanes) is 1. The number of imidazole rings is 1. The first kappa shape index (κ1) is 20.7. The summed E-state index contributed by atoms with van der Waals surface area (Å²) in [5, 5.41) is 8.46. The number of amides is 1. The molecule has 6 nitrogen and oxygen atoms in total. The molecule has 158 valence electrons. The van der Waals surface area contributed by atoms with Gasteiger partial charge in [-0.3, -0.25) is 10.1 Å². The van der Waals surface area contributed by atoms with Gasteiger partial charge in [0.05, 0.1) is 0 Å². The zero-order chi connectivity index (χ0) is 21.6. The van der Waals surface area contributed by atoms with Gasteiger partial charge in [-0.05, 0) is 42.8 Å². The fourth-order valence-corrected chi connectivity index (χ4v) is 3.65. The molecule has 0 aliphatic carbocycles. The summed E-state index contributed by atoms with van der Waals surface area (Å²) < 4.78 is 13.4. The van der Waals surface area contributed by atoms with Crippen LogP contribution in [0.2, 0.25) is 0 Å². The van der Waals surface area contributed by atoms with Crippen molar-refractivity contribution in [2.75, 3.05) is 17.2 Å². The lowest BCUT2D eigenvalue weighted by atomic mass is 10.1. The van der Waals surface area contributed by atoms with Crippen molar-refractivity contribution in [1.29, 1.82) is 0 Å². The van der Waals surface area contributed by atoms with Crippen LogP contribution in [0.4, 0.5) is 15.2 Å². The van der Waals surface area contributed by atoms with Crippen LogP contribution >= 0.6 is 11.3 Å². The van der Waals surface area contributed by atoms with Gasteiger partial charge in [-0.15, -0.1) is 11.3 Å². The number of nitrogens with zero attached hydrogens (tertiary/aromatic N) is 2. The SMILES string of the molecule is CCCCNc1cccc(-c2nc(-c3ccc(F)cc3)c(C(=O)Nc3nccs3)[nH]2)c1. The van der Waals surface area contributed by atoms with Gasteiger partial charge in [-0.2, -0.15) is 0 Å². The molecule has 2 heterocycles. The molecule has 0 spiro atoms. The highest BCUT2D eigenvalue weighted by Crippen LogP contribution is 2.28. The van der Waals surface area contributed by atoms with Crippen LogP contribution in [0.1, 0.15) is 30.3 Å². The van der Waals surface area contributed by atoms with Crippen molar-refractivity contribution in [2.24, 2.45) is 0 Å². The van der Waals surface area contributed by atoms with E-state index in [0.29, 0.717) is 27.9 Å². The molecule has 0 fully saturated rings. The standard InChI is InChI=1S/C23H22FN5OS/c1-2-3-11-25-18-6-4-5-16(14-18)21-27-19(15-7-9-17(24)10-8-15)20(28-21)22(30)29-23-26-12-13-31-23/h4-10,12-14,25H,2-3,11H2,1H3,(H,27,28)(H,26,29,30). The summed E-state index contributed by atoms with van der Waals surface area (Å²) in [6.45, 7) is 3.04. The van der Waals surface area contributed by atoms with Gasteiger partial charge >= 0.3 is 0 Å². The molecule has 1 amide bonds. The Labute approximate surface area is 183 Å². The van der Waals surface area contributed by atoms with Gasteiger partial charge in [0.1, 0.15) is 23.0 Å². The van der Waals surface area contributed by atoms with Crippen molar-refractivity contribution in [3.63, 3.8) is 0 Å². The molecule has 0 aliphatic rings. The number of benzene rings is 2. The van der Waals surface area contributed by atoms with E-state index >= 15 is 0 Å². The number of rotatable bonds is 8. The summed E-state index contributed by atoms with van der Waals surface area (Å²) in [7, 11) is 0. The highest BCUT2D eigenvalue weighted by Gasteiger charge is 2.20. The molecule has 3 N–H and O–H groups in total. The Morgan fingerprint density at radius 1 is 1.16 bits per heavy atom. The number of nitrogens with one attached hydrogen (secondary N) is 3. The predicted molar refractivity (Wildman–Crippen MR) is 123 cm³/mol. The minimum atomic E-state index is -0.356. The second-order valence-electron chi connectivity index (χ2n) is 6.97. The molecule has 31 heavy (non-hydrogen) atoms. The molecule has 0 unspecified atom stereocenters. The van der Waals surface area contributed by atoms with Gasteiger partial charge in [-0.25, -0.2) is 14.4 Å². The van der Waals surface area contributed by atoms with E-state index in [9.17, 15) is 9.18 Å². The molecule has 0 atom stereocenters. The molecule has 4 aromatic rings. The lowest BCUT2D eigenvalue weighted by Crippen LogP contribution is -2.13. The Morgan fingerprint density at radius 3 is 2.74 bits per heavy atom. The van der Waals surface area contributed by atoms with Crippen LogP contribution in [0, 0.1) is 5.82 Å². The Bertz CT molecular complexity index is 1160. The molecule has 0 saturated heterocycles. The van der Waals surface area contributed by atoms with Gasteiger partial charge in [0.25, 0.3) is 5.91 Å². The van der Waals surface area contributed by atoms with Crippen molar-refractivity contribution >= 4 is 28.1 Å². The number of anilines is 2. The lowest BCUT2D eigenvalue weighted by Gasteiger charge is -2.06. The maximum absolute atomic E-state index is 13.4. The largest absolute Gasteiger partial charge is 0.385 e. The molecule has 0 aliphatic heterocycles. The first-order valence-corrected chi connectivity index (χ1v) is 10.9. The summed E-state index contributed by atoms with van der Waals surface area (Å²) in [5.41, 5.74) is 3.22. The van der Waals surface area contributed by atoms with Crippen LogP contribution in [0.5, 0.6) is 0 Å². The number of carbonyl (C=O) groups is 1. The maximum atomic E-state index is 13.4. The normalized spacial score (nSPS) is 10.8. The van der Waals surface area contributed by atoms with Crippen molar-refractivity contribution in [3.05, 3.63) is 71.6 Å². The molecular formula is C23H22FN5OS. The van der Waals surface area contributed by atoms with Gasteiger partial charge in [0.2, 0.25) is 0 Å². The number of aromatic amines is 1. The lowest BCUT2D eigenvalue weighted by molar-refractivity contribution is 0.102. The Kier molecular flexibility index (Phi) is 6.37. The Morgan fingerprint density at radius 2 is 2.00 bits per heavy atom. The molecule has 4 rings (SSSR count). The number of hydrogen-bond acceptors (Lipinski definition) is 5. The molecule has 0 radical (unpaired) electrons. The first-order chi connectivity index (χ1) is 15.1. The number of aromatic nitrogens is 3. The van der Waals surface area contributed by atoms with Gasteiger partial charge in [-0.1, -0.05) is 25.5 Å². The van der Waals surface area contributed by atoms with E-state index in [1.165, 1.54) is 23.5 Å². The van der Waals surface area contributed by atoms with Crippen molar-refractivity contribution in [3.8, 4) is 22.6 Å². The third-order valence-electron chi connectivity index (χ3n) is 4.70. The number of thiazole rings is 1. The van der Waals surface area contributed by atoms with Gasteiger partial charge < -0.3 is 10.3 Å². The summed E-state index contributed by atoms with van der Waals surface area (Å²) in [5.74, 6) is -0.146. The summed E-state index contributed by atoms with van der Waals surface area (Å²) >= 11 is 1.33. The molecule has 0 bridgehead atoms. The number of hydrogen-bond donors (Lipinski definition) is 3. The van der Waals surface area contributed by atoms with Crippen LogP contribution in [0.15, 0.2) is 60.1 Å². The highest BCUT2D eigenvalue weighted by atomic mass is 32.1. The minimum absolute atomic E-state index is 0.293. The molecule has 2 aromatic heterocycles. The van der Waals surface area contributed by atoms with Crippen LogP contribution in [-0.2, 0) is 0 Å². The summed E-state index contributed by atoms with van der Waals surface area (Å²) in [4.78, 5) is 24.9. The van der Waals surface area contributed by atoms with Crippen molar-refractivity contribution in [1.82, 2.24) is 15.0 Å².